The van der Waals surface area contributed by atoms with E-state index >= 15 is 0 Å². The average molecular weight is 439 g/mol. The standard InChI is InChI=1S/C24H27FN4OS/c25-20-13-11-19(12-14-20)22(30)10-7-17-31-24-27-26-23(18-28-15-5-2-6-16-28)29(24)21-8-3-1-4-9-21/h1,3-4,8-9,11-14H,2,5-7,10,15-18H2. The maximum atomic E-state index is 13.0. The Morgan fingerprint density at radius 3 is 2.45 bits per heavy atom. The second-order valence-electron chi connectivity index (χ2n) is 7.79. The molecule has 1 fully saturated rings. The highest BCUT2D eigenvalue weighted by atomic mass is 32.2. The van der Waals surface area contributed by atoms with Crippen molar-refractivity contribution in [2.75, 3.05) is 18.8 Å². The summed E-state index contributed by atoms with van der Waals surface area (Å²) in [6.45, 7) is 3.01. The van der Waals surface area contributed by atoms with E-state index in [-0.39, 0.29) is 11.6 Å². The van der Waals surface area contributed by atoms with Crippen molar-refractivity contribution in [3.63, 3.8) is 0 Å². The van der Waals surface area contributed by atoms with E-state index in [0.717, 1.165) is 48.5 Å². The molecule has 5 nitrogen and oxygen atoms in total. The highest BCUT2D eigenvalue weighted by molar-refractivity contribution is 7.99. The molecule has 7 heteroatoms. The minimum atomic E-state index is -0.326. The maximum absolute atomic E-state index is 13.0. The molecular weight excluding hydrogens is 411 g/mol. The Hall–Kier alpha value is -2.51. The van der Waals surface area contributed by atoms with E-state index in [9.17, 15) is 9.18 Å². The number of benzene rings is 2. The second-order valence-corrected chi connectivity index (χ2v) is 8.85. The van der Waals surface area contributed by atoms with Gasteiger partial charge < -0.3 is 0 Å². The summed E-state index contributed by atoms with van der Waals surface area (Å²) in [7, 11) is 0. The predicted octanol–water partition coefficient (Wildman–Crippen LogP) is 5.15. The monoisotopic (exact) mass is 438 g/mol. The number of rotatable bonds is 9. The van der Waals surface area contributed by atoms with Gasteiger partial charge >= 0.3 is 0 Å². The number of likely N-dealkylation sites (tertiary alicyclic amines) is 1. The van der Waals surface area contributed by atoms with Crippen LogP contribution in [-0.2, 0) is 6.54 Å². The first-order chi connectivity index (χ1) is 15.2. The molecule has 2 heterocycles. The largest absolute Gasteiger partial charge is 0.296 e. The van der Waals surface area contributed by atoms with Crippen LogP contribution in [0.2, 0.25) is 0 Å². The molecule has 0 amide bonds. The molecule has 3 aromatic rings. The number of thioether (sulfide) groups is 1. The molecule has 0 atom stereocenters. The minimum absolute atomic E-state index is 0.0379. The van der Waals surface area contributed by atoms with E-state index < -0.39 is 0 Å². The van der Waals surface area contributed by atoms with Crippen molar-refractivity contribution in [3.8, 4) is 5.69 Å². The van der Waals surface area contributed by atoms with Crippen molar-refractivity contribution in [3.05, 3.63) is 71.8 Å². The van der Waals surface area contributed by atoms with E-state index in [1.165, 1.54) is 31.4 Å². The summed E-state index contributed by atoms with van der Waals surface area (Å²) in [5.41, 5.74) is 1.62. The van der Waals surface area contributed by atoms with Crippen molar-refractivity contribution in [1.29, 1.82) is 0 Å². The molecule has 0 saturated carbocycles. The number of hydrogen-bond acceptors (Lipinski definition) is 5. The SMILES string of the molecule is O=C(CCCSc1nnc(CN2CCCCC2)n1-c1ccccc1)c1ccc(F)cc1. The van der Waals surface area contributed by atoms with Crippen LogP contribution in [0, 0.1) is 5.82 Å². The highest BCUT2D eigenvalue weighted by Crippen LogP contribution is 2.24. The van der Waals surface area contributed by atoms with Crippen LogP contribution in [0.15, 0.2) is 59.8 Å². The Bertz CT molecular complexity index is 985. The van der Waals surface area contributed by atoms with Gasteiger partial charge in [-0.3, -0.25) is 14.3 Å². The van der Waals surface area contributed by atoms with Crippen molar-refractivity contribution >= 4 is 17.5 Å². The Labute approximate surface area is 186 Å². The summed E-state index contributed by atoms with van der Waals surface area (Å²) in [4.78, 5) is 14.8. The zero-order valence-corrected chi connectivity index (χ0v) is 18.4. The Kier molecular flexibility index (Phi) is 7.48. The number of piperidine rings is 1. The van der Waals surface area contributed by atoms with Crippen molar-refractivity contribution < 1.29 is 9.18 Å². The summed E-state index contributed by atoms with van der Waals surface area (Å²) in [6.07, 6.45) is 4.94. The molecular formula is C24H27FN4OS. The van der Waals surface area contributed by atoms with Crippen LogP contribution >= 0.6 is 11.8 Å². The van der Waals surface area contributed by atoms with Gasteiger partial charge in [0, 0.05) is 23.4 Å². The molecule has 0 spiro atoms. The fraction of sp³-hybridized carbons (Fsp3) is 0.375. The number of ketones is 1. The number of halogens is 1. The lowest BCUT2D eigenvalue weighted by atomic mass is 10.1. The molecule has 1 aromatic heterocycles. The molecule has 0 bridgehead atoms. The van der Waals surface area contributed by atoms with Crippen LogP contribution in [0.4, 0.5) is 4.39 Å². The normalized spacial score (nSPS) is 14.6. The van der Waals surface area contributed by atoms with E-state index in [1.807, 2.05) is 18.2 Å². The van der Waals surface area contributed by atoms with Gasteiger partial charge in [-0.2, -0.15) is 0 Å². The topological polar surface area (TPSA) is 51.0 Å². The molecule has 0 unspecified atom stereocenters. The Balaban J connectivity index is 1.40. The zero-order valence-electron chi connectivity index (χ0n) is 17.5. The van der Waals surface area contributed by atoms with E-state index in [2.05, 4.69) is 31.8 Å². The molecule has 0 N–H and O–H groups in total. The number of nitrogens with zero attached hydrogens (tertiary/aromatic N) is 4. The number of carbonyl (C=O) groups excluding carboxylic acids is 1. The van der Waals surface area contributed by atoms with Crippen molar-refractivity contribution in [1.82, 2.24) is 19.7 Å². The summed E-state index contributed by atoms with van der Waals surface area (Å²) < 4.78 is 15.2. The summed E-state index contributed by atoms with van der Waals surface area (Å²) >= 11 is 1.62. The molecule has 1 saturated heterocycles. The van der Waals surface area contributed by atoms with E-state index in [1.54, 1.807) is 23.9 Å². The molecule has 4 rings (SSSR count). The van der Waals surface area contributed by atoms with Crippen LogP contribution in [0.25, 0.3) is 5.69 Å². The quantitative estimate of drug-likeness (QED) is 0.263. The van der Waals surface area contributed by atoms with Gasteiger partial charge in [0.25, 0.3) is 0 Å². The van der Waals surface area contributed by atoms with Crippen LogP contribution in [0.5, 0.6) is 0 Å². The van der Waals surface area contributed by atoms with Gasteiger partial charge in [-0.05, 0) is 68.8 Å². The maximum Gasteiger partial charge on any atom is 0.195 e. The number of hydrogen-bond donors (Lipinski definition) is 0. The minimum Gasteiger partial charge on any atom is -0.296 e. The molecule has 1 aliphatic rings. The summed E-state index contributed by atoms with van der Waals surface area (Å²) in [5, 5.41) is 9.82. The first-order valence-electron chi connectivity index (χ1n) is 10.8. The fourth-order valence-corrected chi connectivity index (χ4v) is 4.74. The third-order valence-corrected chi connectivity index (χ3v) is 6.49. The number of aromatic nitrogens is 3. The van der Waals surface area contributed by atoms with Gasteiger partial charge in [0.05, 0.1) is 6.54 Å². The lowest BCUT2D eigenvalue weighted by Crippen LogP contribution is -2.30. The summed E-state index contributed by atoms with van der Waals surface area (Å²) in [6, 6.07) is 15.9. The predicted molar refractivity (Wildman–Crippen MR) is 121 cm³/mol. The Morgan fingerprint density at radius 2 is 1.71 bits per heavy atom. The molecule has 0 aliphatic carbocycles. The van der Waals surface area contributed by atoms with Crippen LogP contribution in [-0.4, -0.2) is 44.3 Å². The van der Waals surface area contributed by atoms with Gasteiger partial charge in [0.15, 0.2) is 16.8 Å². The number of para-hydroxylation sites is 1. The highest BCUT2D eigenvalue weighted by Gasteiger charge is 2.18. The lowest BCUT2D eigenvalue weighted by Gasteiger charge is -2.26. The van der Waals surface area contributed by atoms with Crippen molar-refractivity contribution in [2.24, 2.45) is 0 Å². The fourth-order valence-electron chi connectivity index (χ4n) is 3.83. The summed E-state index contributed by atoms with van der Waals surface area (Å²) in [5.74, 6) is 1.43. The first kappa shape index (κ1) is 21.7. The van der Waals surface area contributed by atoms with E-state index in [0.29, 0.717) is 12.0 Å². The third-order valence-electron chi connectivity index (χ3n) is 5.47. The van der Waals surface area contributed by atoms with Gasteiger partial charge in [0.1, 0.15) is 5.82 Å². The molecule has 162 valence electrons. The smallest absolute Gasteiger partial charge is 0.195 e. The van der Waals surface area contributed by atoms with Crippen LogP contribution in [0.1, 0.15) is 48.3 Å². The van der Waals surface area contributed by atoms with Crippen LogP contribution in [0.3, 0.4) is 0 Å². The van der Waals surface area contributed by atoms with Crippen LogP contribution < -0.4 is 0 Å². The first-order valence-corrected chi connectivity index (χ1v) is 11.8. The Morgan fingerprint density at radius 1 is 0.968 bits per heavy atom. The van der Waals surface area contributed by atoms with E-state index in [4.69, 9.17) is 0 Å². The molecule has 31 heavy (non-hydrogen) atoms. The number of carbonyl (C=O) groups is 1. The molecule has 0 radical (unpaired) electrons. The number of Topliss-reactive ketones (excluding diaryl/α,β-unsaturated/α-hetero) is 1. The van der Waals surface area contributed by atoms with Gasteiger partial charge in [-0.15, -0.1) is 10.2 Å². The molecule has 1 aliphatic heterocycles. The lowest BCUT2D eigenvalue weighted by molar-refractivity contribution is 0.0982. The second kappa shape index (κ2) is 10.7. The zero-order chi connectivity index (χ0) is 21.5. The van der Waals surface area contributed by atoms with Gasteiger partial charge in [-0.25, -0.2) is 4.39 Å². The van der Waals surface area contributed by atoms with Crippen molar-refractivity contribution in [2.45, 2.75) is 43.8 Å². The van der Waals surface area contributed by atoms with Gasteiger partial charge in [-0.1, -0.05) is 36.4 Å². The van der Waals surface area contributed by atoms with Gasteiger partial charge in [0.2, 0.25) is 0 Å². The average Bonchev–Trinajstić information content (AvgIpc) is 3.20. The molecule has 2 aromatic carbocycles. The third kappa shape index (κ3) is 5.80.